The van der Waals surface area contributed by atoms with Gasteiger partial charge in [-0.15, -0.1) is 0 Å². The van der Waals surface area contributed by atoms with Gasteiger partial charge in [-0.1, -0.05) is 12.8 Å². The smallest absolute Gasteiger partial charge is 0.0949 e. The monoisotopic (exact) mass is 238 g/mol. The van der Waals surface area contributed by atoms with Crippen molar-refractivity contribution < 1.29 is 9.84 Å². The van der Waals surface area contributed by atoms with Gasteiger partial charge < -0.3 is 9.84 Å². The van der Waals surface area contributed by atoms with Gasteiger partial charge in [0.2, 0.25) is 0 Å². The van der Waals surface area contributed by atoms with Gasteiger partial charge in [0.25, 0.3) is 0 Å². The minimum Gasteiger partial charge on any atom is -0.387 e. The van der Waals surface area contributed by atoms with Crippen molar-refractivity contribution in [3.63, 3.8) is 0 Å². The number of hydrogen-bond acceptors (Lipinski definition) is 3. The normalized spacial score (nSPS) is 29.5. The zero-order valence-corrected chi connectivity index (χ0v) is 10.7. The number of aliphatic hydroxyl groups is 1. The van der Waals surface area contributed by atoms with E-state index < -0.39 is 5.60 Å². The van der Waals surface area contributed by atoms with Gasteiger partial charge in [-0.3, -0.25) is 4.68 Å². The van der Waals surface area contributed by atoms with Crippen LogP contribution in [0.4, 0.5) is 0 Å². The predicted octanol–water partition coefficient (Wildman–Crippen LogP) is 1.77. The number of rotatable bonds is 4. The largest absolute Gasteiger partial charge is 0.387 e. The van der Waals surface area contributed by atoms with Gasteiger partial charge in [0.1, 0.15) is 0 Å². The molecule has 0 radical (unpaired) electrons. The van der Waals surface area contributed by atoms with E-state index in [9.17, 15) is 5.11 Å². The summed E-state index contributed by atoms with van der Waals surface area (Å²) in [6.45, 7) is 2.93. The third-order valence-corrected chi connectivity index (χ3v) is 3.73. The number of methoxy groups -OCH3 is 1. The highest BCUT2D eigenvalue weighted by molar-refractivity contribution is 5.10. The number of aromatic nitrogens is 2. The Balaban J connectivity index is 2.08. The summed E-state index contributed by atoms with van der Waals surface area (Å²) >= 11 is 0. The Labute approximate surface area is 103 Å². The van der Waals surface area contributed by atoms with Crippen LogP contribution in [0, 0.1) is 0 Å². The van der Waals surface area contributed by atoms with Crippen molar-refractivity contribution in [2.75, 3.05) is 7.11 Å². The van der Waals surface area contributed by atoms with E-state index in [1.807, 2.05) is 17.1 Å². The molecule has 2 rings (SSSR count). The quantitative estimate of drug-likeness (QED) is 0.869. The summed E-state index contributed by atoms with van der Waals surface area (Å²) in [6.07, 6.45) is 8.47. The first-order valence-corrected chi connectivity index (χ1v) is 6.44. The Kier molecular flexibility index (Phi) is 3.84. The molecule has 2 unspecified atom stereocenters. The molecule has 0 spiro atoms. The zero-order chi connectivity index (χ0) is 12.3. The number of aryl methyl sites for hydroxylation is 1. The summed E-state index contributed by atoms with van der Waals surface area (Å²) < 4.78 is 7.33. The van der Waals surface area contributed by atoms with Crippen LogP contribution < -0.4 is 0 Å². The molecule has 1 aliphatic rings. The number of ether oxygens (including phenoxy) is 1. The molecule has 0 aromatic carbocycles. The minimum atomic E-state index is -0.714. The van der Waals surface area contributed by atoms with Crippen LogP contribution in [-0.4, -0.2) is 33.7 Å². The van der Waals surface area contributed by atoms with Crippen molar-refractivity contribution >= 4 is 0 Å². The fourth-order valence-electron chi connectivity index (χ4n) is 2.75. The fourth-order valence-corrected chi connectivity index (χ4v) is 2.75. The van der Waals surface area contributed by atoms with Crippen molar-refractivity contribution in [2.45, 2.75) is 57.3 Å². The van der Waals surface area contributed by atoms with Crippen molar-refractivity contribution in [3.05, 3.63) is 18.0 Å². The van der Waals surface area contributed by atoms with E-state index in [0.29, 0.717) is 6.42 Å². The molecule has 96 valence electrons. The average molecular weight is 238 g/mol. The molecule has 1 aromatic heterocycles. The molecule has 2 atom stereocenters. The fraction of sp³-hybridized carbons (Fsp3) is 0.769. The minimum absolute atomic E-state index is 0.0405. The van der Waals surface area contributed by atoms with E-state index in [0.717, 1.165) is 37.8 Å². The molecule has 0 aliphatic heterocycles. The first kappa shape index (κ1) is 12.6. The van der Waals surface area contributed by atoms with Crippen LogP contribution in [-0.2, 0) is 17.7 Å². The summed E-state index contributed by atoms with van der Waals surface area (Å²) in [4.78, 5) is 0. The second-order valence-electron chi connectivity index (χ2n) is 4.95. The van der Waals surface area contributed by atoms with Gasteiger partial charge in [-0.05, 0) is 25.3 Å². The molecule has 0 bridgehead atoms. The lowest BCUT2D eigenvalue weighted by atomic mass is 9.78. The Morgan fingerprint density at radius 1 is 1.59 bits per heavy atom. The standard InChI is InChI=1S/C13H22N2O2/c1-3-15-10-11(9-14-15)8-13(16)7-5-4-6-12(13)17-2/h9-10,12,16H,3-8H2,1-2H3. The van der Waals surface area contributed by atoms with Gasteiger partial charge in [0, 0.05) is 26.3 Å². The molecule has 17 heavy (non-hydrogen) atoms. The Bertz CT molecular complexity index is 364. The van der Waals surface area contributed by atoms with Crippen LogP contribution in [0.2, 0.25) is 0 Å². The Morgan fingerprint density at radius 3 is 3.06 bits per heavy atom. The van der Waals surface area contributed by atoms with Crippen LogP contribution in [0.15, 0.2) is 12.4 Å². The third kappa shape index (κ3) is 2.69. The topological polar surface area (TPSA) is 47.3 Å². The summed E-state index contributed by atoms with van der Waals surface area (Å²) in [7, 11) is 1.69. The van der Waals surface area contributed by atoms with Crippen LogP contribution in [0.3, 0.4) is 0 Å². The highest BCUT2D eigenvalue weighted by Crippen LogP contribution is 2.33. The first-order valence-electron chi connectivity index (χ1n) is 6.44. The lowest BCUT2D eigenvalue weighted by Gasteiger charge is -2.38. The summed E-state index contributed by atoms with van der Waals surface area (Å²) in [5, 5.41) is 15.0. The van der Waals surface area contributed by atoms with Crippen molar-refractivity contribution in [2.24, 2.45) is 0 Å². The van der Waals surface area contributed by atoms with E-state index in [1.165, 1.54) is 0 Å². The molecule has 0 saturated heterocycles. The molecule has 1 saturated carbocycles. The van der Waals surface area contributed by atoms with E-state index >= 15 is 0 Å². The highest BCUT2D eigenvalue weighted by Gasteiger charge is 2.39. The second-order valence-corrected chi connectivity index (χ2v) is 4.95. The summed E-state index contributed by atoms with van der Waals surface area (Å²) in [6, 6.07) is 0. The molecule has 0 amide bonds. The van der Waals surface area contributed by atoms with Gasteiger partial charge >= 0.3 is 0 Å². The van der Waals surface area contributed by atoms with E-state index in [1.54, 1.807) is 7.11 Å². The Morgan fingerprint density at radius 2 is 2.41 bits per heavy atom. The molecule has 1 N–H and O–H groups in total. The molecule has 4 nitrogen and oxygen atoms in total. The molecular weight excluding hydrogens is 216 g/mol. The summed E-state index contributed by atoms with van der Waals surface area (Å²) in [5.74, 6) is 0. The number of nitrogens with zero attached hydrogens (tertiary/aromatic N) is 2. The predicted molar refractivity (Wildman–Crippen MR) is 65.8 cm³/mol. The molecule has 1 heterocycles. The molecule has 4 heteroatoms. The van der Waals surface area contributed by atoms with Gasteiger partial charge in [0.15, 0.2) is 0 Å². The number of hydrogen-bond donors (Lipinski definition) is 1. The van der Waals surface area contributed by atoms with E-state index in [4.69, 9.17) is 4.74 Å². The Hall–Kier alpha value is -0.870. The van der Waals surface area contributed by atoms with Gasteiger partial charge in [0.05, 0.1) is 17.9 Å². The van der Waals surface area contributed by atoms with Crippen LogP contribution in [0.25, 0.3) is 0 Å². The molecular formula is C13H22N2O2. The zero-order valence-electron chi connectivity index (χ0n) is 10.7. The molecule has 1 fully saturated rings. The van der Waals surface area contributed by atoms with E-state index in [2.05, 4.69) is 12.0 Å². The van der Waals surface area contributed by atoms with Crippen molar-refractivity contribution in [3.8, 4) is 0 Å². The van der Waals surface area contributed by atoms with Crippen LogP contribution in [0.1, 0.15) is 38.2 Å². The maximum Gasteiger partial charge on any atom is 0.0949 e. The lowest BCUT2D eigenvalue weighted by molar-refractivity contribution is -0.116. The second kappa shape index (κ2) is 5.19. The van der Waals surface area contributed by atoms with Crippen LogP contribution in [0.5, 0.6) is 0 Å². The maximum atomic E-state index is 10.7. The lowest BCUT2D eigenvalue weighted by Crippen LogP contribution is -2.47. The third-order valence-electron chi connectivity index (χ3n) is 3.73. The molecule has 1 aliphatic carbocycles. The maximum absolute atomic E-state index is 10.7. The van der Waals surface area contributed by atoms with Gasteiger partial charge in [-0.25, -0.2) is 0 Å². The van der Waals surface area contributed by atoms with Crippen LogP contribution >= 0.6 is 0 Å². The molecule has 1 aromatic rings. The van der Waals surface area contributed by atoms with Crippen molar-refractivity contribution in [1.29, 1.82) is 0 Å². The highest BCUT2D eigenvalue weighted by atomic mass is 16.5. The first-order chi connectivity index (χ1) is 8.18. The summed E-state index contributed by atoms with van der Waals surface area (Å²) in [5.41, 5.74) is 0.382. The van der Waals surface area contributed by atoms with Gasteiger partial charge in [-0.2, -0.15) is 5.10 Å². The van der Waals surface area contributed by atoms with E-state index in [-0.39, 0.29) is 6.10 Å². The van der Waals surface area contributed by atoms with Crippen molar-refractivity contribution in [1.82, 2.24) is 9.78 Å². The average Bonchev–Trinajstić information content (AvgIpc) is 2.76. The SMILES string of the molecule is CCn1cc(CC2(O)CCCCC2OC)cn1.